The Hall–Kier alpha value is -16.4. The molecular formula is C126H92N4. The van der Waals surface area contributed by atoms with Crippen LogP contribution in [0.5, 0.6) is 0 Å². The lowest BCUT2D eigenvalue weighted by molar-refractivity contribution is 0.660. The Balaban J connectivity index is 0.000000213. The van der Waals surface area contributed by atoms with Gasteiger partial charge in [-0.2, -0.15) is 0 Å². The lowest BCUT2D eigenvalue weighted by Crippen LogP contribution is -2.16. The zero-order chi connectivity index (χ0) is 153. The number of anilines is 6. The Morgan fingerprint density at radius 2 is 0.577 bits per heavy atom. The summed E-state index contributed by atoms with van der Waals surface area (Å²) in [7, 11) is 0. The van der Waals surface area contributed by atoms with Gasteiger partial charge in [0.2, 0.25) is 0 Å². The summed E-state index contributed by atoms with van der Waals surface area (Å²) in [4.78, 5) is 0.315. The van der Waals surface area contributed by atoms with Gasteiger partial charge in [0.15, 0.2) is 0 Å². The molecule has 0 saturated heterocycles. The predicted molar refractivity (Wildman–Crippen MR) is 550 cm³/mol. The van der Waals surface area contributed by atoms with Gasteiger partial charge in [-0.05, 0) is 243 Å². The van der Waals surface area contributed by atoms with Crippen molar-refractivity contribution < 1.29 is 104 Å². The van der Waals surface area contributed by atoms with Crippen LogP contribution in [0.25, 0.3) is 166 Å². The number of nitrogens with zero attached hydrogens (tertiary/aromatic N) is 4. The van der Waals surface area contributed by atoms with Crippen LogP contribution in [-0.4, -0.2) is 9.13 Å². The van der Waals surface area contributed by atoms with Crippen molar-refractivity contribution in [1.29, 1.82) is 0 Å². The quantitative estimate of drug-likeness (QED) is 0.0959. The van der Waals surface area contributed by atoms with Crippen LogP contribution < -0.4 is 9.80 Å². The number of hydrogen-bond acceptors (Lipinski definition) is 2. The van der Waals surface area contributed by atoms with Gasteiger partial charge in [-0.3, -0.25) is 0 Å². The van der Waals surface area contributed by atoms with Gasteiger partial charge in [-0.1, -0.05) is 390 Å². The summed E-state index contributed by atoms with van der Waals surface area (Å²) >= 11 is 0. The second kappa shape index (κ2) is 32.5. The number of para-hydroxylation sites is 4. The Kier molecular flexibility index (Phi) is 8.05. The van der Waals surface area contributed by atoms with Crippen molar-refractivity contribution in [2.24, 2.45) is 0 Å². The van der Waals surface area contributed by atoms with E-state index in [0.29, 0.717) is 25.8 Å². The normalized spacial score (nSPS) is 21.2. The van der Waals surface area contributed by atoms with E-state index in [9.17, 15) is 42.5 Å². The molecule has 4 nitrogen and oxygen atoms in total. The first-order valence-electron chi connectivity index (χ1n) is 77.0. The van der Waals surface area contributed by atoms with Crippen molar-refractivity contribution in [3.05, 3.63) is 506 Å². The summed E-state index contributed by atoms with van der Waals surface area (Å²) in [6.45, 7) is -16.3. The van der Waals surface area contributed by atoms with Gasteiger partial charge in [0.05, 0.1) is 121 Å². The molecule has 20 aromatic carbocycles. The Morgan fingerprint density at radius 3 is 1.11 bits per heavy atom. The molecule has 0 radical (unpaired) electrons. The van der Waals surface area contributed by atoms with E-state index >= 15 is 0 Å². The van der Waals surface area contributed by atoms with E-state index in [2.05, 4.69) is 0 Å². The molecule has 4 heteroatoms. The van der Waals surface area contributed by atoms with E-state index in [4.69, 9.17) is 61.7 Å². The molecule has 0 bridgehead atoms. The van der Waals surface area contributed by atoms with Crippen molar-refractivity contribution in [3.63, 3.8) is 0 Å². The van der Waals surface area contributed by atoms with Crippen LogP contribution in [0, 0.1) is 0 Å². The van der Waals surface area contributed by atoms with Crippen molar-refractivity contribution in [3.8, 4) is 123 Å². The van der Waals surface area contributed by atoms with Gasteiger partial charge < -0.3 is 18.9 Å². The second-order valence-corrected chi connectivity index (χ2v) is 28.7. The summed E-state index contributed by atoms with van der Waals surface area (Å²) in [5.74, 6) is 0. The fourth-order valence-corrected chi connectivity index (χ4v) is 15.6. The SMILES string of the molecule is [2H]c1c([2H])c([2H])c(-c2c([2H])c([2H])c([2H])c([2H])c2-c2c([2H])c([2H])c(N(c3c([2H])c([2H])c(-c4c([2H])c([2H])c5c(c4[2H])c4c([2H])c([2H])c([2H])c([2H])c4n5-c4c([2H])c([2H])c([2H])c([2H])c4-c4c([2H])c([2H])c([2H])c([2H])c4[2H])c([2H])c3[2H])c3c([2H])c([2H])c4c(c3[2H])C(C([2H])([2H])[2H])(C([2H])([2H])[2H])c3c([2H])c([2H])c([2H])c([2H])c3-4)c([2H])c2[2H])c([2H])c1[2H].[2H]c1c([2H])c([2H])c(-c2c([2H])c([2H])c([2H])c([2H])c2-c2c([2H])c([2H])c(N(c3c([2H])c([2H])c(-c4ccc5c(c4)c4ccccc4n5-c4ccccc4-c4ccccc4)c([2H])c3[2H])c3c([2H])c([2H])c4c(c3[2H])C(C([2H])([2H])[2H])(C([2H])([2H])[2H])c3c([2H])c([2H])c([2H])c([2H])c3-4)c([2H])c2[2H])c([2H])c1[2H]. The molecule has 0 N–H and O–H groups in total. The zero-order valence-electron chi connectivity index (χ0n) is 142. The predicted octanol–water partition coefficient (Wildman–Crippen LogP) is 34.5. The molecule has 0 spiro atoms. The van der Waals surface area contributed by atoms with Crippen LogP contribution in [0.3, 0.4) is 0 Å². The minimum absolute atomic E-state index is 0.0116. The highest BCUT2D eigenvalue weighted by Crippen LogP contribution is 2.54. The summed E-state index contributed by atoms with van der Waals surface area (Å²) in [6.07, 6.45) is 0. The van der Waals surface area contributed by atoms with Gasteiger partial charge in [-0.25, -0.2) is 0 Å². The monoisotopic (exact) mass is 1740 g/mol. The maximum absolute atomic E-state index is 10.2. The summed E-state index contributed by atoms with van der Waals surface area (Å²) in [6, 6.07) is -48.3. The maximum Gasteiger partial charge on any atom is 0.0648 e. The van der Waals surface area contributed by atoms with Crippen molar-refractivity contribution >= 4 is 77.7 Å². The fraction of sp³-hybridized carbons (Fsp3) is 0.0476. The van der Waals surface area contributed by atoms with Crippen LogP contribution in [-0.2, 0) is 10.8 Å². The van der Waals surface area contributed by atoms with Crippen LogP contribution in [0.4, 0.5) is 34.1 Å². The number of benzene rings is 20. The van der Waals surface area contributed by atoms with Gasteiger partial charge >= 0.3 is 0 Å². The van der Waals surface area contributed by atoms with E-state index in [1.165, 1.54) is 6.07 Å². The smallest absolute Gasteiger partial charge is 0.0648 e. The van der Waals surface area contributed by atoms with E-state index in [1.54, 1.807) is 18.2 Å². The topological polar surface area (TPSA) is 16.3 Å². The number of aromatic nitrogens is 2. The lowest BCUT2D eigenvalue weighted by atomic mass is 9.82. The summed E-state index contributed by atoms with van der Waals surface area (Å²) in [5, 5.41) is -0.498. The standard InChI is InChI=1S/2C63H46N2/c2*1-63(2)58-26-14-11-24-54(58)55-39-38-50(42-59(55)63)64(49-36-31-46(32-37-49)52-22-10-9-21-51(52)44-17-5-3-6-18-44)48-34-29-43(30-35-48)47-33-40-62-57(41-47)56-25-13-16-28-61(56)65(62)60-27-15-12-23-53(60)45-19-7-4-8-20-45/h2*3-42H,1-2H3/i1D3,2D3,3D,4D,5D,6D,7D,8D,9D,10D,11D,12D,13D,14D,15D,16D,17D,18D,19D,20D,21D,22D,23D,24D,25D,26D,27D,28D,29D,30D,31D,32D,33D,34D,35D,36D,37D,38D,39D,40D,41D,42D;1D3,2D3,3D,5D,6D,9D,10D,11D,14D,17D,18D,21D,22D,24D,26D,29D,30D,31D,32D,34D,35D,36D,37D,38D,39D,42D. The first-order valence-corrected chi connectivity index (χ1v) is 39.0. The molecule has 24 rings (SSSR count). The van der Waals surface area contributed by atoms with E-state index < -0.39 is 603 Å². The largest absolute Gasteiger partial charge is 0.310 e. The molecule has 2 aliphatic rings. The molecule has 22 aromatic rings. The molecule has 2 aromatic heterocycles. The maximum atomic E-state index is 10.2. The van der Waals surface area contributed by atoms with E-state index in [-0.39, 0.29) is 10.5 Å². The Morgan fingerprint density at radius 1 is 0.200 bits per heavy atom. The average Bonchev–Trinajstić information content (AvgIpc) is 1.49. The van der Waals surface area contributed by atoms with Crippen LogP contribution in [0.1, 0.15) is 154 Å². The number of rotatable bonds is 16. The average molecular weight is 1740 g/mol. The third kappa shape index (κ3) is 13.7. The molecule has 616 valence electrons. The van der Waals surface area contributed by atoms with Crippen LogP contribution in [0.15, 0.2) is 484 Å². The fourth-order valence-electron chi connectivity index (χ4n) is 15.6. The molecule has 0 unspecified atom stereocenters. The van der Waals surface area contributed by atoms with E-state index in [1.807, 2.05) is 77.4 Å². The third-order valence-corrected chi connectivity index (χ3v) is 21.4. The Labute approximate surface area is 866 Å². The molecule has 2 aliphatic carbocycles. The molecule has 0 atom stereocenters. The minimum Gasteiger partial charge on any atom is -0.310 e. The van der Waals surface area contributed by atoms with Gasteiger partial charge in [-0.15, -0.1) is 0 Å². The lowest BCUT2D eigenvalue weighted by Gasteiger charge is -2.28. The Bertz CT molecular complexity index is 12600. The summed E-state index contributed by atoms with van der Waals surface area (Å²) in [5.41, 5.74) is -36.9. The van der Waals surface area contributed by atoms with Crippen LogP contribution in [0.2, 0.25) is 0 Å². The van der Waals surface area contributed by atoms with Crippen molar-refractivity contribution in [2.75, 3.05) is 9.80 Å². The first kappa shape index (κ1) is 32.2. The molecule has 0 saturated carbocycles. The van der Waals surface area contributed by atoms with Crippen LogP contribution >= 0.6 is 0 Å². The molecule has 2 heterocycles. The molecule has 0 aliphatic heterocycles. The number of hydrogen-bond donors (Lipinski definition) is 0. The minimum atomic E-state index is -4.17. The molecular weight excluding hydrogens is 1570 g/mol. The van der Waals surface area contributed by atoms with Gasteiger partial charge in [0, 0.05) is 94.1 Å². The highest BCUT2D eigenvalue weighted by Gasteiger charge is 2.38. The number of fused-ring (bicyclic) bond motifs is 12. The zero-order valence-corrected chi connectivity index (χ0v) is 66.0. The highest BCUT2D eigenvalue weighted by molar-refractivity contribution is 6.13. The van der Waals surface area contributed by atoms with Gasteiger partial charge in [0.25, 0.3) is 0 Å². The van der Waals surface area contributed by atoms with Crippen molar-refractivity contribution in [2.45, 2.75) is 38.2 Å². The second-order valence-electron chi connectivity index (χ2n) is 28.7. The first-order chi connectivity index (χ1) is 95.7. The van der Waals surface area contributed by atoms with E-state index in [0.717, 1.165) is 22.3 Å². The van der Waals surface area contributed by atoms with Crippen molar-refractivity contribution in [1.82, 2.24) is 9.13 Å². The summed E-state index contributed by atoms with van der Waals surface area (Å²) < 4.78 is 703. The molecule has 0 amide bonds. The molecule has 130 heavy (non-hydrogen) atoms. The van der Waals surface area contributed by atoms with Gasteiger partial charge in [0.1, 0.15) is 0 Å². The highest BCUT2D eigenvalue weighted by atomic mass is 15.1. The molecule has 0 fully saturated rings. The third-order valence-electron chi connectivity index (χ3n) is 21.4.